The Hall–Kier alpha value is -1.86. The average Bonchev–Trinajstić information content (AvgIpc) is 2.69. The molecule has 22 heavy (non-hydrogen) atoms. The van der Waals surface area contributed by atoms with Crippen LogP contribution in [0.5, 0.6) is 5.75 Å². The van der Waals surface area contributed by atoms with Gasteiger partial charge in [0.05, 0.1) is 4.91 Å². The van der Waals surface area contributed by atoms with E-state index in [0.29, 0.717) is 10.5 Å². The molecule has 1 aliphatic rings. The van der Waals surface area contributed by atoms with Crippen LogP contribution >= 0.6 is 24.0 Å². The first-order chi connectivity index (χ1) is 10.3. The van der Waals surface area contributed by atoms with Crippen LogP contribution in [-0.2, 0) is 9.59 Å². The lowest BCUT2D eigenvalue weighted by molar-refractivity contribution is -0.146. The predicted molar refractivity (Wildman–Crippen MR) is 89.4 cm³/mol. The number of hydrogen-bond acceptors (Lipinski definition) is 5. The molecule has 1 aromatic carbocycles. The molecule has 0 saturated carbocycles. The van der Waals surface area contributed by atoms with E-state index in [1.165, 1.54) is 12.1 Å². The number of thioether (sulfide) groups is 1. The third-order valence-electron chi connectivity index (χ3n) is 3.21. The van der Waals surface area contributed by atoms with Crippen molar-refractivity contribution in [3.05, 3.63) is 34.7 Å². The minimum atomic E-state index is -1.09. The van der Waals surface area contributed by atoms with Crippen molar-refractivity contribution >= 4 is 46.3 Å². The molecule has 1 aliphatic heterocycles. The van der Waals surface area contributed by atoms with Crippen molar-refractivity contribution < 1.29 is 19.8 Å². The lowest BCUT2D eigenvalue weighted by Crippen LogP contribution is -2.47. The Morgan fingerprint density at radius 2 is 2.00 bits per heavy atom. The van der Waals surface area contributed by atoms with Gasteiger partial charge >= 0.3 is 5.97 Å². The van der Waals surface area contributed by atoms with Crippen molar-refractivity contribution in [1.29, 1.82) is 0 Å². The Kier molecular flexibility index (Phi) is 4.87. The number of aromatic hydroxyl groups is 1. The Bertz CT molecular complexity index is 669. The van der Waals surface area contributed by atoms with Gasteiger partial charge in [0.15, 0.2) is 0 Å². The molecule has 0 aliphatic carbocycles. The number of hydrogen-bond donors (Lipinski definition) is 2. The predicted octanol–water partition coefficient (Wildman–Crippen LogP) is 2.70. The summed E-state index contributed by atoms with van der Waals surface area (Å²) in [5.41, 5.74) is 0.486. The van der Waals surface area contributed by atoms with Crippen LogP contribution in [0.1, 0.15) is 19.4 Å². The van der Waals surface area contributed by atoms with E-state index in [1.54, 1.807) is 32.0 Å². The van der Waals surface area contributed by atoms with Crippen LogP contribution in [-0.4, -0.2) is 37.4 Å². The molecule has 1 fully saturated rings. The topological polar surface area (TPSA) is 77.8 Å². The first-order valence-electron chi connectivity index (χ1n) is 6.60. The fraction of sp³-hybridized carbons (Fsp3) is 0.267. The normalized spacial score (nSPS) is 18.3. The van der Waals surface area contributed by atoms with Crippen molar-refractivity contribution in [2.45, 2.75) is 19.9 Å². The highest BCUT2D eigenvalue weighted by molar-refractivity contribution is 8.26. The Balaban J connectivity index is 2.37. The number of carbonyl (C=O) groups excluding carboxylic acids is 1. The van der Waals surface area contributed by atoms with Crippen LogP contribution in [0.4, 0.5) is 0 Å². The molecule has 1 atom stereocenters. The molecule has 0 aromatic heterocycles. The highest BCUT2D eigenvalue weighted by Crippen LogP contribution is 2.36. The summed E-state index contributed by atoms with van der Waals surface area (Å²) in [5.74, 6) is -1.76. The number of phenolic OH excluding ortho intramolecular Hbond substituents is 1. The van der Waals surface area contributed by atoms with Crippen LogP contribution in [0.3, 0.4) is 0 Å². The molecular weight excluding hydrogens is 322 g/mol. The minimum absolute atomic E-state index is 0.0476. The standard InChI is InChI=1S/C15H15NO4S2/c1-8(2)12(14(19)20)16-13(18)11(22-15(16)21)7-9-5-3-4-6-10(9)17/h3-8,12,17H,1-2H3,(H,19,20)/b11-7-. The van der Waals surface area contributed by atoms with Gasteiger partial charge in [-0.05, 0) is 18.1 Å². The number of thiocarbonyl (C=S) groups is 1. The van der Waals surface area contributed by atoms with Crippen molar-refractivity contribution in [3.8, 4) is 5.75 Å². The number of para-hydroxylation sites is 1. The van der Waals surface area contributed by atoms with E-state index in [1.807, 2.05) is 0 Å². The van der Waals surface area contributed by atoms with Gasteiger partial charge in [0, 0.05) is 5.56 Å². The maximum absolute atomic E-state index is 12.5. The first kappa shape index (κ1) is 16.5. The maximum atomic E-state index is 12.5. The second-order valence-electron chi connectivity index (χ2n) is 5.14. The van der Waals surface area contributed by atoms with Gasteiger partial charge < -0.3 is 10.2 Å². The summed E-state index contributed by atoms with van der Waals surface area (Å²) in [4.78, 5) is 25.3. The SMILES string of the molecule is CC(C)C(C(=O)O)N1C(=O)/C(=C/c2ccccc2O)SC1=S. The molecule has 1 heterocycles. The molecule has 0 spiro atoms. The zero-order valence-corrected chi connectivity index (χ0v) is 13.6. The monoisotopic (exact) mass is 337 g/mol. The van der Waals surface area contributed by atoms with Crippen molar-refractivity contribution in [2.75, 3.05) is 0 Å². The van der Waals surface area contributed by atoms with Crippen molar-refractivity contribution in [1.82, 2.24) is 4.90 Å². The number of carboxylic acid groups (broad SMARTS) is 1. The third kappa shape index (κ3) is 3.15. The zero-order chi connectivity index (χ0) is 16.4. The first-order valence-corrected chi connectivity index (χ1v) is 7.83. The molecule has 1 saturated heterocycles. The van der Waals surface area contributed by atoms with E-state index < -0.39 is 17.9 Å². The van der Waals surface area contributed by atoms with Gasteiger partial charge in [-0.25, -0.2) is 4.79 Å². The lowest BCUT2D eigenvalue weighted by atomic mass is 10.0. The second kappa shape index (κ2) is 6.50. The average molecular weight is 337 g/mol. The van der Waals surface area contributed by atoms with E-state index in [9.17, 15) is 19.8 Å². The number of rotatable bonds is 4. The molecule has 5 nitrogen and oxygen atoms in total. The number of nitrogens with zero attached hydrogens (tertiary/aromatic N) is 1. The third-order valence-corrected chi connectivity index (χ3v) is 4.54. The largest absolute Gasteiger partial charge is 0.507 e. The molecule has 116 valence electrons. The molecule has 2 rings (SSSR count). The number of amides is 1. The van der Waals surface area contributed by atoms with Gasteiger partial charge in [0.1, 0.15) is 16.1 Å². The van der Waals surface area contributed by atoms with Gasteiger partial charge in [0.2, 0.25) is 0 Å². The van der Waals surface area contributed by atoms with E-state index in [2.05, 4.69) is 0 Å². The maximum Gasteiger partial charge on any atom is 0.327 e. The Morgan fingerprint density at radius 1 is 1.36 bits per heavy atom. The van der Waals surface area contributed by atoms with Crippen LogP contribution < -0.4 is 0 Å². The summed E-state index contributed by atoms with van der Waals surface area (Å²) >= 11 is 6.20. The van der Waals surface area contributed by atoms with E-state index in [-0.39, 0.29) is 16.0 Å². The van der Waals surface area contributed by atoms with Gasteiger partial charge in [-0.15, -0.1) is 0 Å². The number of carboxylic acids is 1. The van der Waals surface area contributed by atoms with Gasteiger partial charge in [-0.3, -0.25) is 9.69 Å². The number of carbonyl (C=O) groups is 2. The molecule has 0 bridgehead atoms. The van der Waals surface area contributed by atoms with Crippen molar-refractivity contribution in [2.24, 2.45) is 5.92 Å². The van der Waals surface area contributed by atoms with E-state index >= 15 is 0 Å². The molecule has 0 radical (unpaired) electrons. The van der Waals surface area contributed by atoms with Gasteiger partial charge in [-0.1, -0.05) is 56.0 Å². The van der Waals surface area contributed by atoms with E-state index in [4.69, 9.17) is 12.2 Å². The smallest absolute Gasteiger partial charge is 0.327 e. The van der Waals surface area contributed by atoms with Crippen LogP contribution in [0.15, 0.2) is 29.2 Å². The summed E-state index contributed by atoms with van der Waals surface area (Å²) < 4.78 is 0.216. The second-order valence-corrected chi connectivity index (χ2v) is 6.81. The molecule has 1 unspecified atom stereocenters. The number of benzene rings is 1. The molecule has 2 N–H and O–H groups in total. The minimum Gasteiger partial charge on any atom is -0.507 e. The summed E-state index contributed by atoms with van der Waals surface area (Å²) in [7, 11) is 0. The fourth-order valence-corrected chi connectivity index (χ4v) is 3.48. The Morgan fingerprint density at radius 3 is 2.55 bits per heavy atom. The molecule has 1 aromatic rings. The van der Waals surface area contributed by atoms with Gasteiger partial charge in [0.25, 0.3) is 5.91 Å². The lowest BCUT2D eigenvalue weighted by Gasteiger charge is -2.26. The number of aliphatic carboxylic acids is 1. The highest BCUT2D eigenvalue weighted by atomic mass is 32.2. The quantitative estimate of drug-likeness (QED) is 0.650. The zero-order valence-electron chi connectivity index (χ0n) is 12.0. The summed E-state index contributed by atoms with van der Waals surface area (Å²) in [5, 5.41) is 19.1. The summed E-state index contributed by atoms with van der Waals surface area (Å²) in [6.45, 7) is 3.45. The highest BCUT2D eigenvalue weighted by Gasteiger charge is 2.41. The molecule has 7 heteroatoms. The Labute approximate surface area is 137 Å². The number of phenols is 1. The van der Waals surface area contributed by atoms with Gasteiger partial charge in [-0.2, -0.15) is 0 Å². The summed E-state index contributed by atoms with van der Waals surface area (Å²) in [6.07, 6.45) is 1.52. The molecular formula is C15H15NO4S2. The van der Waals surface area contributed by atoms with Crippen LogP contribution in [0.2, 0.25) is 0 Å². The summed E-state index contributed by atoms with van der Waals surface area (Å²) in [6, 6.07) is 5.60. The van der Waals surface area contributed by atoms with Crippen LogP contribution in [0, 0.1) is 5.92 Å². The molecule has 1 amide bonds. The van der Waals surface area contributed by atoms with Crippen molar-refractivity contribution in [3.63, 3.8) is 0 Å². The van der Waals surface area contributed by atoms with Crippen LogP contribution in [0.25, 0.3) is 6.08 Å². The van der Waals surface area contributed by atoms with E-state index in [0.717, 1.165) is 16.7 Å². The fourth-order valence-electron chi connectivity index (χ4n) is 2.16.